The summed E-state index contributed by atoms with van der Waals surface area (Å²) < 4.78 is 12.2. The number of aliphatic hydroxyl groups excluding tert-OH is 1. The molecule has 0 amide bonds. The molecule has 2 aliphatic heterocycles. The van der Waals surface area contributed by atoms with E-state index in [1.54, 1.807) is 0 Å². The van der Waals surface area contributed by atoms with Crippen LogP contribution in [-0.4, -0.2) is 35.9 Å². The van der Waals surface area contributed by atoms with E-state index in [9.17, 15) is 5.11 Å². The molecule has 3 nitrogen and oxygen atoms in total. The summed E-state index contributed by atoms with van der Waals surface area (Å²) in [4.78, 5) is 0. The van der Waals surface area contributed by atoms with Crippen molar-refractivity contribution in [1.82, 2.24) is 0 Å². The third-order valence-electron chi connectivity index (χ3n) is 6.22. The Labute approximate surface area is 185 Å². The molecule has 0 spiro atoms. The van der Waals surface area contributed by atoms with Gasteiger partial charge in [0.05, 0.1) is 24.9 Å². The van der Waals surface area contributed by atoms with Gasteiger partial charge < -0.3 is 14.6 Å². The smallest absolute Gasteiger partial charge is 0.126 e. The zero-order valence-corrected chi connectivity index (χ0v) is 19.0. The van der Waals surface area contributed by atoms with Crippen LogP contribution in [0.4, 0.5) is 0 Å². The summed E-state index contributed by atoms with van der Waals surface area (Å²) >= 11 is 1.93. The summed E-state index contributed by atoms with van der Waals surface area (Å²) in [7, 11) is 0. The molecule has 0 saturated carbocycles. The molecule has 162 valence electrons. The Morgan fingerprint density at radius 2 is 1.87 bits per heavy atom. The number of benzene rings is 2. The van der Waals surface area contributed by atoms with Crippen LogP contribution in [0.5, 0.6) is 5.75 Å². The third kappa shape index (κ3) is 5.40. The van der Waals surface area contributed by atoms with Gasteiger partial charge in [-0.2, -0.15) is 11.8 Å². The van der Waals surface area contributed by atoms with Gasteiger partial charge in [-0.3, -0.25) is 0 Å². The maximum Gasteiger partial charge on any atom is 0.126 e. The van der Waals surface area contributed by atoms with Crippen LogP contribution in [0.2, 0.25) is 0 Å². The van der Waals surface area contributed by atoms with Gasteiger partial charge in [-0.1, -0.05) is 24.3 Å². The second-order valence-corrected chi connectivity index (χ2v) is 9.76. The van der Waals surface area contributed by atoms with E-state index in [-0.39, 0.29) is 18.3 Å². The Balaban J connectivity index is 1.49. The average Bonchev–Trinajstić information content (AvgIpc) is 3.21. The van der Waals surface area contributed by atoms with E-state index in [0.29, 0.717) is 6.42 Å². The summed E-state index contributed by atoms with van der Waals surface area (Å²) in [6.45, 7) is 2.81. The van der Waals surface area contributed by atoms with Crippen LogP contribution in [0.3, 0.4) is 0 Å². The monoisotopic (exact) mass is 426 g/mol. The molecule has 0 radical (unpaired) electrons. The van der Waals surface area contributed by atoms with Crippen LogP contribution in [0.25, 0.3) is 0 Å². The molecule has 0 aromatic heterocycles. The second kappa shape index (κ2) is 10.2. The van der Waals surface area contributed by atoms with Gasteiger partial charge in [0.25, 0.3) is 0 Å². The number of hydrogen-bond donors (Lipinski definition) is 1. The van der Waals surface area contributed by atoms with Gasteiger partial charge in [0.15, 0.2) is 0 Å². The number of aryl methyl sites for hydroxylation is 1. The highest BCUT2D eigenvalue weighted by Crippen LogP contribution is 2.38. The zero-order valence-electron chi connectivity index (χ0n) is 18.2. The van der Waals surface area contributed by atoms with Crippen molar-refractivity contribution in [3.05, 3.63) is 64.2 Å². The van der Waals surface area contributed by atoms with E-state index in [4.69, 9.17) is 9.47 Å². The van der Waals surface area contributed by atoms with Crippen LogP contribution in [0.1, 0.15) is 66.5 Å². The lowest BCUT2D eigenvalue weighted by Gasteiger charge is -2.32. The molecule has 0 aliphatic carbocycles. The number of aliphatic hydroxyl groups is 1. The predicted octanol–water partition coefficient (Wildman–Crippen LogP) is 5.50. The molecule has 1 N–H and O–H groups in total. The third-order valence-corrected chi connectivity index (χ3v) is 6.92. The highest BCUT2D eigenvalue weighted by Gasteiger charge is 2.29. The normalized spacial score (nSPS) is 23.2. The fraction of sp³-hybridized carbons (Fsp3) is 0.538. The first-order chi connectivity index (χ1) is 14.6. The molecule has 30 heavy (non-hydrogen) atoms. The molecule has 3 unspecified atom stereocenters. The van der Waals surface area contributed by atoms with E-state index in [2.05, 4.69) is 49.6 Å². The molecular formula is C26H34O3S. The SMILES string of the molecule is CSCCCCc1ccc(Cc2cc(C3CC(O)CC(C)O3)cc3c2OCC3)cc1. The lowest BCUT2D eigenvalue weighted by Crippen LogP contribution is -2.29. The summed E-state index contributed by atoms with van der Waals surface area (Å²) in [5.41, 5.74) is 6.45. The van der Waals surface area contributed by atoms with Gasteiger partial charge in [0.1, 0.15) is 5.75 Å². The molecule has 4 rings (SSSR count). The van der Waals surface area contributed by atoms with E-state index >= 15 is 0 Å². The Morgan fingerprint density at radius 1 is 1.07 bits per heavy atom. The van der Waals surface area contributed by atoms with Crippen molar-refractivity contribution < 1.29 is 14.6 Å². The highest BCUT2D eigenvalue weighted by molar-refractivity contribution is 7.98. The molecule has 2 aromatic carbocycles. The lowest BCUT2D eigenvalue weighted by atomic mass is 9.91. The van der Waals surface area contributed by atoms with Gasteiger partial charge in [-0.15, -0.1) is 0 Å². The molecule has 0 bridgehead atoms. The number of unbranched alkanes of at least 4 members (excludes halogenated alkanes) is 1. The fourth-order valence-corrected chi connectivity index (χ4v) is 5.18. The first kappa shape index (κ1) is 21.7. The van der Waals surface area contributed by atoms with Gasteiger partial charge in [0.2, 0.25) is 0 Å². The Kier molecular flexibility index (Phi) is 7.40. The van der Waals surface area contributed by atoms with Crippen molar-refractivity contribution in [2.75, 3.05) is 18.6 Å². The average molecular weight is 427 g/mol. The van der Waals surface area contributed by atoms with Crippen LogP contribution in [-0.2, 0) is 24.0 Å². The van der Waals surface area contributed by atoms with Crippen LogP contribution in [0.15, 0.2) is 36.4 Å². The number of hydrogen-bond acceptors (Lipinski definition) is 4. The molecule has 2 heterocycles. The molecule has 2 aliphatic rings. The van der Waals surface area contributed by atoms with Crippen molar-refractivity contribution in [1.29, 1.82) is 0 Å². The largest absolute Gasteiger partial charge is 0.493 e. The number of fused-ring (bicyclic) bond motifs is 1. The van der Waals surface area contributed by atoms with E-state index in [1.165, 1.54) is 46.4 Å². The minimum absolute atomic E-state index is 0.0305. The van der Waals surface area contributed by atoms with Gasteiger partial charge in [-0.05, 0) is 84.6 Å². The van der Waals surface area contributed by atoms with E-state index in [0.717, 1.165) is 38.0 Å². The van der Waals surface area contributed by atoms with Gasteiger partial charge in [0, 0.05) is 19.3 Å². The maximum atomic E-state index is 10.2. The molecule has 1 fully saturated rings. The molecule has 1 saturated heterocycles. The summed E-state index contributed by atoms with van der Waals surface area (Å²) in [6.07, 6.45) is 8.88. The topological polar surface area (TPSA) is 38.7 Å². The van der Waals surface area contributed by atoms with Gasteiger partial charge >= 0.3 is 0 Å². The summed E-state index contributed by atoms with van der Waals surface area (Å²) in [5.74, 6) is 2.31. The fourth-order valence-electron chi connectivity index (χ4n) is 4.68. The Morgan fingerprint density at radius 3 is 2.63 bits per heavy atom. The maximum absolute atomic E-state index is 10.2. The van der Waals surface area contributed by atoms with Crippen LogP contribution >= 0.6 is 11.8 Å². The van der Waals surface area contributed by atoms with Crippen molar-refractivity contribution in [2.24, 2.45) is 0 Å². The molecule has 3 atom stereocenters. The zero-order chi connectivity index (χ0) is 20.9. The van der Waals surface area contributed by atoms with Crippen molar-refractivity contribution in [3.8, 4) is 5.75 Å². The minimum atomic E-state index is -0.282. The quantitative estimate of drug-likeness (QED) is 0.566. The second-order valence-electron chi connectivity index (χ2n) is 8.77. The van der Waals surface area contributed by atoms with E-state index in [1.807, 2.05) is 11.8 Å². The van der Waals surface area contributed by atoms with E-state index < -0.39 is 0 Å². The van der Waals surface area contributed by atoms with Crippen molar-refractivity contribution >= 4 is 11.8 Å². The number of thioether (sulfide) groups is 1. The lowest BCUT2D eigenvalue weighted by molar-refractivity contribution is -0.0895. The number of rotatable bonds is 8. The Hall–Kier alpha value is -1.49. The first-order valence-corrected chi connectivity index (χ1v) is 12.7. The summed E-state index contributed by atoms with van der Waals surface area (Å²) in [5, 5.41) is 10.2. The Bertz CT molecular complexity index is 823. The van der Waals surface area contributed by atoms with Crippen molar-refractivity contribution in [3.63, 3.8) is 0 Å². The van der Waals surface area contributed by atoms with Crippen LogP contribution < -0.4 is 4.74 Å². The summed E-state index contributed by atoms with van der Waals surface area (Å²) in [6, 6.07) is 13.6. The number of ether oxygens (including phenoxy) is 2. The van der Waals surface area contributed by atoms with Crippen molar-refractivity contribution in [2.45, 2.75) is 70.2 Å². The highest BCUT2D eigenvalue weighted by atomic mass is 32.2. The first-order valence-electron chi connectivity index (χ1n) is 11.3. The molecular weight excluding hydrogens is 392 g/mol. The minimum Gasteiger partial charge on any atom is -0.493 e. The standard InChI is InChI=1S/C26H34O3S/c1-18-13-24(27)17-25(29-18)22-15-21-10-11-28-26(21)23(16-22)14-20-8-6-19(7-9-20)5-3-4-12-30-2/h6-9,15-16,18,24-25,27H,3-5,10-14,17H2,1-2H3. The predicted molar refractivity (Wildman–Crippen MR) is 125 cm³/mol. The molecule has 4 heteroatoms. The van der Waals surface area contributed by atoms with Gasteiger partial charge in [-0.25, -0.2) is 0 Å². The molecule has 2 aromatic rings. The van der Waals surface area contributed by atoms with Crippen LogP contribution in [0, 0.1) is 0 Å².